The fraction of sp³-hybridized carbons (Fsp3) is 0.250. The number of carbonyl (C=O) groups is 6. The Morgan fingerprint density at radius 2 is 1.23 bits per heavy atom. The number of Topliss-reactive ketones (excluding diaryl/α,β-unsaturated/α-hetero) is 3. The lowest BCUT2D eigenvalue weighted by molar-refractivity contribution is -0.125. The molecule has 1 saturated heterocycles. The second-order valence-corrected chi connectivity index (χ2v) is 20.5. The summed E-state index contributed by atoms with van der Waals surface area (Å²) in [4.78, 5) is 79.6. The van der Waals surface area contributed by atoms with E-state index in [1.54, 1.807) is 94.5 Å². The molecule has 1 aliphatic heterocycles. The molecule has 8 aromatic rings. The second kappa shape index (κ2) is 28.3. The van der Waals surface area contributed by atoms with Gasteiger partial charge in [0.25, 0.3) is 5.91 Å². The topological polar surface area (TPSA) is 255 Å². The van der Waals surface area contributed by atoms with Crippen LogP contribution in [0.1, 0.15) is 79.7 Å². The van der Waals surface area contributed by atoms with Gasteiger partial charge in [-0.25, -0.2) is 0 Å². The number of nitrogens with zero attached hydrogens (tertiary/aromatic N) is 11. The molecule has 0 spiro atoms. The number of aliphatic hydroxyl groups excluding tert-OH is 1. The number of benzene rings is 5. The van der Waals surface area contributed by atoms with Gasteiger partial charge >= 0.3 is 0 Å². The number of aromatic nitrogens is 10. The summed E-state index contributed by atoms with van der Waals surface area (Å²) in [7, 11) is 0. The minimum Gasteiger partial charge on any atom is -0.394 e. The largest absolute Gasteiger partial charge is 0.394 e. The highest BCUT2D eigenvalue weighted by Crippen LogP contribution is 2.26. The maximum absolute atomic E-state index is 13.6. The van der Waals surface area contributed by atoms with E-state index in [0.29, 0.717) is 75.4 Å². The summed E-state index contributed by atoms with van der Waals surface area (Å²) in [5, 5.41) is 42.9. The van der Waals surface area contributed by atoms with Crippen molar-refractivity contribution in [1.82, 2.24) is 65.7 Å². The van der Waals surface area contributed by atoms with E-state index in [4.69, 9.17) is 23.2 Å². The quantitative estimate of drug-likeness (QED) is 0.0454. The van der Waals surface area contributed by atoms with Gasteiger partial charge in [-0.15, -0.1) is 10.2 Å². The highest BCUT2D eigenvalue weighted by molar-refractivity contribution is 6.31. The van der Waals surface area contributed by atoms with Gasteiger partial charge in [-0.05, 0) is 138 Å². The van der Waals surface area contributed by atoms with Gasteiger partial charge in [-0.2, -0.15) is 14.5 Å². The number of likely N-dealkylation sites (tertiary alicyclic amines) is 1. The Bertz CT molecular complexity index is 3570. The molecule has 3 atom stereocenters. The summed E-state index contributed by atoms with van der Waals surface area (Å²) in [5.41, 5.74) is 7.90. The molecule has 3 N–H and O–H groups in total. The first-order valence-electron chi connectivity index (χ1n) is 26.3. The smallest absolute Gasteiger partial charge is 0.253 e. The molecule has 0 saturated carbocycles. The maximum atomic E-state index is 13.6. The van der Waals surface area contributed by atoms with E-state index >= 15 is 0 Å². The predicted molar refractivity (Wildman–Crippen MR) is 308 cm³/mol. The normalized spacial score (nSPS) is 13.8. The highest BCUT2D eigenvalue weighted by atomic mass is 35.5. The lowest BCUT2D eigenvalue weighted by atomic mass is 9.93. The van der Waals surface area contributed by atoms with Crippen molar-refractivity contribution < 1.29 is 33.9 Å². The second-order valence-electron chi connectivity index (χ2n) is 19.7. The van der Waals surface area contributed by atoms with Gasteiger partial charge in [0.2, 0.25) is 11.8 Å². The maximum Gasteiger partial charge on any atom is 0.253 e. The van der Waals surface area contributed by atoms with Crippen LogP contribution in [0.3, 0.4) is 0 Å². The Balaban J connectivity index is 0.000000217. The van der Waals surface area contributed by atoms with Gasteiger partial charge in [-0.3, -0.25) is 33.4 Å². The first kappa shape index (κ1) is 59.0. The average molecular weight is 1150 g/mol. The molecule has 0 radical (unpaired) electrons. The molecule has 82 heavy (non-hydrogen) atoms. The van der Waals surface area contributed by atoms with E-state index in [1.165, 1.54) is 41.1 Å². The standard InChI is InChI=1S/C33H31ClN6O4.C27H28ClN7O3/c1-22(41)25-9-7-23(8-10-25)18-31(42)29(17-24-15-16-39(20-24)33(44)26-5-3-2-4-6-26)36-32(43)14-11-27-19-28(34)12-13-30(27)40-21-35-37-38-40;1-18-3-5-20(6-4-18)14-26(37)24(16-23-13-19(2)34(31-23)11-12-36)30-27(38)10-7-21-15-22(28)8-9-25(21)35-17-29-32-33-35/h2-14,19,21,24,29H,15-18,20H2,1H3,(H,36,43);3-10,13,15,17,24,36H,11-12,14,16H2,1-2H3,(H,30,38)/b14-11+;10-7+/t24?,29-;/m0./s1. The zero-order valence-corrected chi connectivity index (χ0v) is 46.7. The van der Waals surface area contributed by atoms with Crippen LogP contribution in [0.15, 0.2) is 146 Å². The molecule has 9 rings (SSSR count). The van der Waals surface area contributed by atoms with Crippen LogP contribution in [-0.2, 0) is 45.0 Å². The summed E-state index contributed by atoms with van der Waals surface area (Å²) in [5.74, 6) is -1.27. The van der Waals surface area contributed by atoms with E-state index in [0.717, 1.165) is 28.8 Å². The Kier molecular flexibility index (Phi) is 20.4. The molecule has 420 valence electrons. The van der Waals surface area contributed by atoms with E-state index in [9.17, 15) is 33.9 Å². The number of tetrazole rings is 2. The number of hydrogen-bond acceptors (Lipinski definition) is 14. The number of carbonyl (C=O) groups excluding carboxylic acids is 6. The number of nitrogens with one attached hydrogen (secondary N) is 2. The molecule has 5 aromatic carbocycles. The van der Waals surface area contributed by atoms with Crippen molar-refractivity contribution >= 4 is 70.4 Å². The first-order valence-corrected chi connectivity index (χ1v) is 27.1. The number of amides is 3. The van der Waals surface area contributed by atoms with E-state index in [-0.39, 0.29) is 55.0 Å². The third kappa shape index (κ3) is 16.5. The molecular formula is C60H59Cl2N13O7. The SMILES string of the molecule is CC(=O)c1ccc(CC(=O)[C@H](CC2CCN(C(=O)c3ccccc3)C2)NC(=O)/C=C/c2cc(Cl)ccc2-n2cnnn2)cc1.Cc1ccc(CC(=O)C(Cc2cc(C)n(CCO)n2)NC(=O)/C=C/c2cc(Cl)ccc2-n2cnnn2)cc1. The van der Waals surface area contributed by atoms with E-state index < -0.39 is 23.9 Å². The van der Waals surface area contributed by atoms with Crippen LogP contribution < -0.4 is 10.6 Å². The average Bonchev–Trinajstić information content (AvgIpc) is 4.48. The van der Waals surface area contributed by atoms with Gasteiger partial charge < -0.3 is 20.6 Å². The van der Waals surface area contributed by atoms with Crippen molar-refractivity contribution in [2.45, 2.75) is 71.5 Å². The lowest BCUT2D eigenvalue weighted by Crippen LogP contribution is -2.42. The summed E-state index contributed by atoms with van der Waals surface area (Å²) < 4.78 is 4.60. The van der Waals surface area contributed by atoms with Gasteiger partial charge in [0, 0.05) is 82.5 Å². The van der Waals surface area contributed by atoms with Crippen LogP contribution in [0.25, 0.3) is 23.5 Å². The zero-order valence-electron chi connectivity index (χ0n) is 45.2. The molecule has 0 bridgehead atoms. The number of halogens is 2. The molecule has 3 amide bonds. The Hall–Kier alpha value is -9.11. The molecule has 2 unspecified atom stereocenters. The van der Waals surface area contributed by atoms with Crippen LogP contribution in [0.2, 0.25) is 10.0 Å². The van der Waals surface area contributed by atoms with Crippen molar-refractivity contribution in [1.29, 1.82) is 0 Å². The molecular weight excluding hydrogens is 1090 g/mol. The fourth-order valence-corrected chi connectivity index (χ4v) is 9.65. The third-order valence-electron chi connectivity index (χ3n) is 13.6. The minimum absolute atomic E-state index is 0.0281. The van der Waals surface area contributed by atoms with Crippen molar-refractivity contribution in [3.63, 3.8) is 0 Å². The minimum atomic E-state index is -0.802. The molecule has 20 nitrogen and oxygen atoms in total. The van der Waals surface area contributed by atoms with E-state index in [2.05, 4.69) is 46.8 Å². The van der Waals surface area contributed by atoms with Crippen molar-refractivity contribution in [3.05, 3.63) is 207 Å². The highest BCUT2D eigenvalue weighted by Gasteiger charge is 2.32. The van der Waals surface area contributed by atoms with Crippen LogP contribution in [0.4, 0.5) is 0 Å². The Morgan fingerprint density at radius 1 is 0.683 bits per heavy atom. The Morgan fingerprint density at radius 3 is 1.77 bits per heavy atom. The molecule has 1 aliphatic rings. The van der Waals surface area contributed by atoms with Crippen molar-refractivity contribution in [3.8, 4) is 11.4 Å². The number of ketones is 3. The first-order chi connectivity index (χ1) is 39.6. The van der Waals surface area contributed by atoms with Crippen LogP contribution in [0.5, 0.6) is 0 Å². The monoisotopic (exact) mass is 1140 g/mol. The summed E-state index contributed by atoms with van der Waals surface area (Å²) in [6.07, 6.45) is 10.3. The van der Waals surface area contributed by atoms with Crippen molar-refractivity contribution in [2.24, 2.45) is 5.92 Å². The van der Waals surface area contributed by atoms with Gasteiger partial charge in [0.15, 0.2) is 17.3 Å². The van der Waals surface area contributed by atoms with Crippen LogP contribution in [0, 0.1) is 19.8 Å². The van der Waals surface area contributed by atoms with Gasteiger partial charge in [-0.1, -0.05) is 95.5 Å². The van der Waals surface area contributed by atoms with Crippen LogP contribution >= 0.6 is 23.2 Å². The molecule has 3 aromatic heterocycles. The van der Waals surface area contributed by atoms with Crippen molar-refractivity contribution in [2.75, 3.05) is 19.7 Å². The summed E-state index contributed by atoms with van der Waals surface area (Å²) >= 11 is 12.4. The number of rotatable bonds is 22. The van der Waals surface area contributed by atoms with Gasteiger partial charge in [0.1, 0.15) is 12.7 Å². The lowest BCUT2D eigenvalue weighted by Gasteiger charge is -2.21. The molecule has 22 heteroatoms. The molecule has 4 heterocycles. The molecule has 0 aliphatic carbocycles. The zero-order chi connectivity index (χ0) is 58.1. The summed E-state index contributed by atoms with van der Waals surface area (Å²) in [6.45, 7) is 6.73. The number of aryl methyl sites for hydroxylation is 2. The van der Waals surface area contributed by atoms with E-state index in [1.807, 2.05) is 62.4 Å². The van der Waals surface area contributed by atoms with Crippen LogP contribution in [-0.4, -0.2) is 127 Å². The fourth-order valence-electron chi connectivity index (χ4n) is 9.29. The predicted octanol–water partition coefficient (Wildman–Crippen LogP) is 7.05. The van der Waals surface area contributed by atoms with Gasteiger partial charge in [0.05, 0.1) is 42.3 Å². The number of aliphatic hydroxyl groups is 1. The summed E-state index contributed by atoms with van der Waals surface area (Å²) in [6, 6.07) is 34.2. The Labute approximate surface area is 482 Å². The molecule has 1 fully saturated rings. The third-order valence-corrected chi connectivity index (χ3v) is 14.0. The number of hydrogen-bond donors (Lipinski definition) is 3.